The van der Waals surface area contributed by atoms with E-state index in [9.17, 15) is 23.8 Å². The van der Waals surface area contributed by atoms with Gasteiger partial charge < -0.3 is 25.2 Å². The van der Waals surface area contributed by atoms with E-state index >= 15 is 0 Å². The Balaban J connectivity index is 4.26. The summed E-state index contributed by atoms with van der Waals surface area (Å²) in [5.41, 5.74) is 5.33. The van der Waals surface area contributed by atoms with Crippen molar-refractivity contribution in [3.05, 3.63) is 0 Å². The molecule has 3 atom stereocenters. The van der Waals surface area contributed by atoms with Crippen LogP contribution in [0.1, 0.15) is 219 Å². The Hall–Kier alpha value is -1.52. The maximum atomic E-state index is 12.6. The Kier molecular flexibility index (Phi) is 37.3. The molecule has 0 aromatic rings. The largest absolute Gasteiger partial charge is 0.480 e. The zero-order valence-electron chi connectivity index (χ0n) is 34.6. The topological polar surface area (TPSA) is 172 Å². The molecule has 0 heterocycles. The average molecular weight is 792 g/mol. The van der Waals surface area contributed by atoms with Gasteiger partial charge in [-0.15, -0.1) is 0 Å². The van der Waals surface area contributed by atoms with Gasteiger partial charge in [-0.3, -0.25) is 23.4 Å². The molecular weight excluding hydrogens is 709 g/mol. The van der Waals surface area contributed by atoms with Gasteiger partial charge in [0.05, 0.1) is 13.2 Å². The number of esters is 2. The smallest absolute Gasteiger partial charge is 0.472 e. The van der Waals surface area contributed by atoms with Gasteiger partial charge in [0.1, 0.15) is 12.6 Å². The first kappa shape index (κ1) is 52.5. The Morgan fingerprint density at radius 1 is 0.500 bits per heavy atom. The van der Waals surface area contributed by atoms with Crippen LogP contribution < -0.4 is 5.73 Å². The molecule has 0 fully saturated rings. The van der Waals surface area contributed by atoms with Crippen LogP contribution in [0.3, 0.4) is 0 Å². The fourth-order valence-electron chi connectivity index (χ4n) is 6.36. The Bertz CT molecular complexity index is 937. The predicted molar refractivity (Wildman–Crippen MR) is 217 cm³/mol. The van der Waals surface area contributed by atoms with Gasteiger partial charge in [0.2, 0.25) is 0 Å². The molecule has 0 aromatic heterocycles. The molecule has 0 aliphatic carbocycles. The molecule has 0 saturated heterocycles. The highest BCUT2D eigenvalue weighted by Crippen LogP contribution is 2.43. The fraction of sp³-hybridized carbons (Fsp3) is 0.929. The quantitative estimate of drug-likeness (QED) is 0.0305. The SMILES string of the molecule is CCCCCCCCCCCCCCCCCCCCCC(=O)O[C@H](COC(=O)CCCCCCCCCCCCC)COP(=O)(O)OC[C@H](N)C(=O)O. The summed E-state index contributed by atoms with van der Waals surface area (Å²) in [5, 5.41) is 8.88. The van der Waals surface area contributed by atoms with Crippen LogP contribution in [0.4, 0.5) is 0 Å². The predicted octanol–water partition coefficient (Wildman–Crippen LogP) is 11.5. The molecule has 54 heavy (non-hydrogen) atoms. The van der Waals surface area contributed by atoms with Crippen molar-refractivity contribution in [1.29, 1.82) is 0 Å². The molecule has 0 spiro atoms. The standard InChI is InChI=1S/C42H82NO10P/c1-3-5-7-9-11-13-15-16-17-18-19-20-21-22-24-26-28-30-32-34-41(45)53-38(36-51-54(48,49)52-37-39(43)42(46)47)35-50-40(44)33-31-29-27-25-23-14-12-10-8-6-4-2/h38-39H,3-37,43H2,1-2H3,(H,46,47)(H,48,49)/t38-,39+/m1/s1. The zero-order valence-corrected chi connectivity index (χ0v) is 35.5. The second-order valence-corrected chi connectivity index (χ2v) is 16.7. The van der Waals surface area contributed by atoms with Crippen LogP contribution in [0.25, 0.3) is 0 Å². The van der Waals surface area contributed by atoms with E-state index in [0.29, 0.717) is 12.8 Å². The van der Waals surface area contributed by atoms with Crippen LogP contribution in [-0.2, 0) is 37.5 Å². The molecule has 0 bridgehead atoms. The first-order valence-corrected chi connectivity index (χ1v) is 23.6. The number of phosphoric acid groups is 1. The summed E-state index contributed by atoms with van der Waals surface area (Å²) in [4.78, 5) is 45.9. The van der Waals surface area contributed by atoms with Crippen LogP contribution >= 0.6 is 7.82 Å². The summed E-state index contributed by atoms with van der Waals surface area (Å²) in [6.07, 6.45) is 36.0. The number of carboxylic acid groups (broad SMARTS) is 1. The van der Waals surface area contributed by atoms with E-state index in [0.717, 1.165) is 38.5 Å². The minimum atomic E-state index is -4.70. The van der Waals surface area contributed by atoms with Crippen molar-refractivity contribution >= 4 is 25.7 Å². The number of hydrogen-bond donors (Lipinski definition) is 3. The van der Waals surface area contributed by atoms with E-state index in [1.807, 2.05) is 0 Å². The van der Waals surface area contributed by atoms with Crippen molar-refractivity contribution in [2.75, 3.05) is 19.8 Å². The van der Waals surface area contributed by atoms with Crippen molar-refractivity contribution in [3.8, 4) is 0 Å². The van der Waals surface area contributed by atoms with Gasteiger partial charge in [-0.1, -0.05) is 194 Å². The highest BCUT2D eigenvalue weighted by Gasteiger charge is 2.28. The molecule has 0 rings (SSSR count). The van der Waals surface area contributed by atoms with E-state index in [1.165, 1.54) is 141 Å². The van der Waals surface area contributed by atoms with Gasteiger partial charge in [-0.05, 0) is 12.8 Å². The van der Waals surface area contributed by atoms with Crippen LogP contribution in [0, 0.1) is 0 Å². The van der Waals surface area contributed by atoms with Crippen molar-refractivity contribution in [3.63, 3.8) is 0 Å². The van der Waals surface area contributed by atoms with Crippen molar-refractivity contribution in [2.45, 2.75) is 231 Å². The summed E-state index contributed by atoms with van der Waals surface area (Å²) in [7, 11) is -4.70. The number of carboxylic acids is 1. The lowest BCUT2D eigenvalue weighted by Gasteiger charge is -2.20. The van der Waals surface area contributed by atoms with E-state index in [2.05, 4.69) is 18.4 Å². The summed E-state index contributed by atoms with van der Waals surface area (Å²) in [6.45, 7) is 2.82. The molecule has 0 aromatic carbocycles. The number of carbonyl (C=O) groups is 3. The zero-order chi connectivity index (χ0) is 40.0. The third-order valence-corrected chi connectivity index (χ3v) is 10.8. The molecule has 11 nitrogen and oxygen atoms in total. The Morgan fingerprint density at radius 3 is 1.17 bits per heavy atom. The number of hydrogen-bond acceptors (Lipinski definition) is 9. The molecule has 4 N–H and O–H groups in total. The van der Waals surface area contributed by atoms with E-state index in [-0.39, 0.29) is 19.4 Å². The normalized spacial score (nSPS) is 13.7. The number of nitrogens with two attached hydrogens (primary N) is 1. The lowest BCUT2D eigenvalue weighted by atomic mass is 10.0. The van der Waals surface area contributed by atoms with Gasteiger partial charge in [0.25, 0.3) is 0 Å². The molecule has 320 valence electrons. The molecule has 12 heteroatoms. The van der Waals surface area contributed by atoms with Gasteiger partial charge in [-0.2, -0.15) is 0 Å². The summed E-state index contributed by atoms with van der Waals surface area (Å²) in [6, 6.07) is -1.52. The number of ether oxygens (including phenoxy) is 2. The monoisotopic (exact) mass is 792 g/mol. The number of rotatable bonds is 42. The maximum Gasteiger partial charge on any atom is 0.472 e. The minimum Gasteiger partial charge on any atom is -0.480 e. The van der Waals surface area contributed by atoms with E-state index in [1.54, 1.807) is 0 Å². The van der Waals surface area contributed by atoms with Crippen LogP contribution in [-0.4, -0.2) is 59.9 Å². The third-order valence-electron chi connectivity index (χ3n) is 9.86. The highest BCUT2D eigenvalue weighted by molar-refractivity contribution is 7.47. The number of phosphoric ester groups is 1. The average Bonchev–Trinajstić information content (AvgIpc) is 3.14. The fourth-order valence-corrected chi connectivity index (χ4v) is 7.14. The van der Waals surface area contributed by atoms with E-state index in [4.69, 9.17) is 24.8 Å². The lowest BCUT2D eigenvalue weighted by molar-refractivity contribution is -0.161. The van der Waals surface area contributed by atoms with Crippen LogP contribution in [0.5, 0.6) is 0 Å². The number of carbonyl (C=O) groups excluding carboxylic acids is 2. The first-order chi connectivity index (χ1) is 26.1. The number of unbranched alkanes of at least 4 members (excludes halogenated alkanes) is 28. The van der Waals surface area contributed by atoms with Crippen molar-refractivity contribution < 1.29 is 47.5 Å². The Labute approximate surface area is 329 Å². The van der Waals surface area contributed by atoms with Crippen molar-refractivity contribution in [1.82, 2.24) is 0 Å². The van der Waals surface area contributed by atoms with Crippen molar-refractivity contribution in [2.24, 2.45) is 5.73 Å². The second kappa shape index (κ2) is 38.4. The lowest BCUT2D eigenvalue weighted by Crippen LogP contribution is -2.34. The first-order valence-electron chi connectivity index (χ1n) is 22.1. The molecular formula is C42H82NO10P. The maximum absolute atomic E-state index is 12.6. The van der Waals surface area contributed by atoms with Gasteiger partial charge in [0.15, 0.2) is 6.10 Å². The molecule has 1 unspecified atom stereocenters. The summed E-state index contributed by atoms with van der Waals surface area (Å²) < 4.78 is 32.7. The van der Waals surface area contributed by atoms with E-state index < -0.39 is 51.1 Å². The van der Waals surface area contributed by atoms with Crippen LogP contribution in [0.15, 0.2) is 0 Å². The molecule has 0 aliphatic rings. The molecule has 0 aliphatic heterocycles. The highest BCUT2D eigenvalue weighted by atomic mass is 31.2. The minimum absolute atomic E-state index is 0.169. The Morgan fingerprint density at radius 2 is 0.815 bits per heavy atom. The third kappa shape index (κ3) is 37.4. The number of aliphatic carboxylic acids is 1. The van der Waals surface area contributed by atoms with Gasteiger partial charge >= 0.3 is 25.7 Å². The molecule has 0 amide bonds. The molecule has 0 saturated carbocycles. The summed E-state index contributed by atoms with van der Waals surface area (Å²) >= 11 is 0. The summed E-state index contributed by atoms with van der Waals surface area (Å²) in [5.74, 6) is -2.36. The second-order valence-electron chi connectivity index (χ2n) is 15.2. The van der Waals surface area contributed by atoms with Gasteiger partial charge in [-0.25, -0.2) is 4.57 Å². The van der Waals surface area contributed by atoms with Gasteiger partial charge in [0, 0.05) is 12.8 Å². The molecule has 0 radical (unpaired) electrons. The van der Waals surface area contributed by atoms with Crippen LogP contribution in [0.2, 0.25) is 0 Å².